The minimum Gasteiger partial charge on any atom is -0.297 e. The van der Waals surface area contributed by atoms with Crippen molar-refractivity contribution in [2.24, 2.45) is 0 Å². The number of hydrogen-bond acceptors (Lipinski definition) is 2. The van der Waals surface area contributed by atoms with Gasteiger partial charge >= 0.3 is 0 Å². The molecular formula is C9H7ClN2O. The highest BCUT2D eigenvalue weighted by Crippen LogP contribution is 2.10. The lowest BCUT2D eigenvalue weighted by Gasteiger charge is -1.97. The van der Waals surface area contributed by atoms with Crippen LogP contribution >= 0.6 is 11.6 Å². The second-order valence-corrected chi connectivity index (χ2v) is 3.24. The highest BCUT2D eigenvalue weighted by Gasteiger charge is 2.01. The maximum Gasteiger partial charge on any atom is 0.259 e. The highest BCUT2D eigenvalue weighted by atomic mass is 35.5. The molecule has 0 spiro atoms. The highest BCUT2D eigenvalue weighted by molar-refractivity contribution is 6.28. The van der Waals surface area contributed by atoms with E-state index in [2.05, 4.69) is 9.97 Å². The zero-order valence-electron chi connectivity index (χ0n) is 6.97. The van der Waals surface area contributed by atoms with Crippen LogP contribution in [0.15, 0.2) is 23.0 Å². The Bertz CT molecular complexity index is 513. The summed E-state index contributed by atoms with van der Waals surface area (Å²) in [7, 11) is 0. The molecule has 4 heteroatoms. The first-order valence-corrected chi connectivity index (χ1v) is 4.21. The number of aromatic amines is 1. The maximum absolute atomic E-state index is 11.3. The van der Waals surface area contributed by atoms with Crippen molar-refractivity contribution in [2.45, 2.75) is 6.92 Å². The van der Waals surface area contributed by atoms with Gasteiger partial charge in [0.25, 0.3) is 5.56 Å². The van der Waals surface area contributed by atoms with E-state index < -0.39 is 0 Å². The number of H-pyrrole nitrogens is 1. The minimum atomic E-state index is -0.199. The lowest BCUT2D eigenvalue weighted by atomic mass is 10.2. The number of hydrogen-bond donors (Lipinski definition) is 1. The van der Waals surface area contributed by atoms with Crippen LogP contribution < -0.4 is 5.56 Å². The number of aryl methyl sites for hydroxylation is 1. The van der Waals surface area contributed by atoms with E-state index in [-0.39, 0.29) is 10.8 Å². The molecule has 1 heterocycles. The predicted octanol–water partition coefficient (Wildman–Crippen LogP) is 1.88. The van der Waals surface area contributed by atoms with Crippen LogP contribution in [0.3, 0.4) is 0 Å². The molecule has 2 aromatic rings. The Hall–Kier alpha value is -1.35. The van der Waals surface area contributed by atoms with Gasteiger partial charge in [0.1, 0.15) is 0 Å². The van der Waals surface area contributed by atoms with Crippen LogP contribution in [-0.4, -0.2) is 9.97 Å². The molecule has 13 heavy (non-hydrogen) atoms. The molecule has 1 N–H and O–H groups in total. The number of halogens is 1. The predicted molar refractivity (Wildman–Crippen MR) is 52.1 cm³/mol. The summed E-state index contributed by atoms with van der Waals surface area (Å²) in [6.07, 6.45) is 0. The molecule has 1 aromatic carbocycles. The molecule has 0 fully saturated rings. The van der Waals surface area contributed by atoms with Gasteiger partial charge in [-0.1, -0.05) is 6.07 Å². The molecule has 0 radical (unpaired) electrons. The molecule has 0 bridgehead atoms. The molecule has 66 valence electrons. The van der Waals surface area contributed by atoms with Crippen LogP contribution in [0, 0.1) is 6.92 Å². The Morgan fingerprint density at radius 3 is 3.00 bits per heavy atom. The molecule has 0 saturated heterocycles. The van der Waals surface area contributed by atoms with Crippen molar-refractivity contribution in [3.8, 4) is 0 Å². The van der Waals surface area contributed by atoms with Crippen molar-refractivity contribution in [1.29, 1.82) is 0 Å². The molecule has 0 aliphatic carbocycles. The van der Waals surface area contributed by atoms with Gasteiger partial charge in [-0.15, -0.1) is 0 Å². The number of benzene rings is 1. The minimum absolute atomic E-state index is 0.128. The summed E-state index contributed by atoms with van der Waals surface area (Å²) in [4.78, 5) is 17.8. The maximum atomic E-state index is 11.3. The van der Waals surface area contributed by atoms with E-state index in [1.165, 1.54) is 0 Å². The normalized spacial score (nSPS) is 10.6. The first kappa shape index (κ1) is 8.26. The molecule has 1 aromatic heterocycles. The van der Waals surface area contributed by atoms with Crippen LogP contribution in [0.5, 0.6) is 0 Å². The van der Waals surface area contributed by atoms with Crippen molar-refractivity contribution < 1.29 is 0 Å². The zero-order chi connectivity index (χ0) is 9.42. The zero-order valence-corrected chi connectivity index (χ0v) is 7.72. The van der Waals surface area contributed by atoms with Gasteiger partial charge in [0, 0.05) is 0 Å². The monoisotopic (exact) mass is 194 g/mol. The summed E-state index contributed by atoms with van der Waals surface area (Å²) in [6, 6.07) is 5.44. The first-order valence-electron chi connectivity index (χ1n) is 3.83. The van der Waals surface area contributed by atoms with Gasteiger partial charge < -0.3 is 0 Å². The Morgan fingerprint density at radius 2 is 2.23 bits per heavy atom. The molecule has 3 nitrogen and oxygen atoms in total. The Morgan fingerprint density at radius 1 is 1.46 bits per heavy atom. The van der Waals surface area contributed by atoms with E-state index in [4.69, 9.17) is 11.6 Å². The lowest BCUT2D eigenvalue weighted by molar-refractivity contribution is 1.17. The summed E-state index contributed by atoms with van der Waals surface area (Å²) < 4.78 is 0. The van der Waals surface area contributed by atoms with E-state index in [0.29, 0.717) is 10.9 Å². The van der Waals surface area contributed by atoms with Crippen molar-refractivity contribution in [3.63, 3.8) is 0 Å². The summed E-state index contributed by atoms with van der Waals surface area (Å²) in [5, 5.41) is 0.693. The summed E-state index contributed by atoms with van der Waals surface area (Å²) >= 11 is 5.61. The fourth-order valence-corrected chi connectivity index (χ4v) is 1.40. The van der Waals surface area contributed by atoms with Crippen LogP contribution in [-0.2, 0) is 0 Å². The fourth-order valence-electron chi connectivity index (χ4n) is 1.22. The Labute approximate surface area is 79.4 Å². The second-order valence-electron chi connectivity index (χ2n) is 2.88. The lowest BCUT2D eigenvalue weighted by Crippen LogP contribution is -2.07. The summed E-state index contributed by atoms with van der Waals surface area (Å²) in [5.41, 5.74) is 1.49. The van der Waals surface area contributed by atoms with Crippen LogP contribution in [0.25, 0.3) is 10.9 Å². The average molecular weight is 195 g/mol. The van der Waals surface area contributed by atoms with Crippen molar-refractivity contribution >= 4 is 22.5 Å². The molecular weight excluding hydrogens is 188 g/mol. The standard InChI is InChI=1S/C9H7ClN2O/c1-5-2-3-6-7(4-5)11-9(10)12-8(6)13/h2-4H,1H3,(H,11,12,13). The van der Waals surface area contributed by atoms with Gasteiger partial charge in [-0.25, -0.2) is 4.98 Å². The smallest absolute Gasteiger partial charge is 0.259 e. The molecule has 0 saturated carbocycles. The van der Waals surface area contributed by atoms with Crippen molar-refractivity contribution in [2.75, 3.05) is 0 Å². The number of fused-ring (bicyclic) bond motifs is 1. The Kier molecular flexibility index (Phi) is 1.81. The third kappa shape index (κ3) is 1.42. The average Bonchev–Trinajstić information content (AvgIpc) is 2.02. The molecule has 0 aliphatic heterocycles. The fraction of sp³-hybridized carbons (Fsp3) is 0.111. The first-order chi connectivity index (χ1) is 6.16. The van der Waals surface area contributed by atoms with Gasteiger partial charge in [0.2, 0.25) is 5.28 Å². The molecule has 2 rings (SSSR count). The van der Waals surface area contributed by atoms with Crippen LogP contribution in [0.4, 0.5) is 0 Å². The molecule has 0 amide bonds. The number of nitrogens with one attached hydrogen (secondary N) is 1. The largest absolute Gasteiger partial charge is 0.297 e. The third-order valence-corrected chi connectivity index (χ3v) is 2.01. The SMILES string of the molecule is Cc1ccc2c(=O)[nH]c(Cl)nc2c1. The molecule has 0 aliphatic rings. The van der Waals surface area contributed by atoms with E-state index in [1.807, 2.05) is 19.1 Å². The molecule has 0 atom stereocenters. The van der Waals surface area contributed by atoms with Gasteiger partial charge in [0.05, 0.1) is 10.9 Å². The number of aromatic nitrogens is 2. The van der Waals surface area contributed by atoms with E-state index in [9.17, 15) is 4.79 Å². The van der Waals surface area contributed by atoms with Gasteiger partial charge in [-0.2, -0.15) is 0 Å². The molecule has 0 unspecified atom stereocenters. The van der Waals surface area contributed by atoms with Gasteiger partial charge in [0.15, 0.2) is 0 Å². The van der Waals surface area contributed by atoms with E-state index >= 15 is 0 Å². The van der Waals surface area contributed by atoms with Crippen LogP contribution in [0.2, 0.25) is 5.28 Å². The van der Waals surface area contributed by atoms with E-state index in [1.54, 1.807) is 6.07 Å². The number of rotatable bonds is 0. The van der Waals surface area contributed by atoms with Gasteiger partial charge in [-0.05, 0) is 36.2 Å². The van der Waals surface area contributed by atoms with Crippen LogP contribution in [0.1, 0.15) is 5.56 Å². The third-order valence-electron chi connectivity index (χ3n) is 1.83. The summed E-state index contributed by atoms with van der Waals surface area (Å²) in [5.74, 6) is 0. The Balaban J connectivity index is 2.95. The topological polar surface area (TPSA) is 45.8 Å². The van der Waals surface area contributed by atoms with E-state index in [0.717, 1.165) is 5.56 Å². The second kappa shape index (κ2) is 2.85. The summed E-state index contributed by atoms with van der Waals surface area (Å²) in [6.45, 7) is 1.94. The number of nitrogens with zero attached hydrogens (tertiary/aromatic N) is 1. The van der Waals surface area contributed by atoms with Crippen molar-refractivity contribution in [1.82, 2.24) is 9.97 Å². The van der Waals surface area contributed by atoms with Crippen molar-refractivity contribution in [3.05, 3.63) is 39.4 Å². The quantitative estimate of drug-likeness (QED) is 0.651. The van der Waals surface area contributed by atoms with Gasteiger partial charge in [-0.3, -0.25) is 9.78 Å².